The van der Waals surface area contributed by atoms with E-state index in [0.29, 0.717) is 11.4 Å². The Morgan fingerprint density at radius 2 is 2.08 bits per heavy atom. The zero-order valence-electron chi connectivity index (χ0n) is 13.0. The van der Waals surface area contributed by atoms with Crippen LogP contribution in [0.5, 0.6) is 0 Å². The number of carboxylic acids is 1. The fraction of sp³-hybridized carbons (Fsp3) is 0.333. The van der Waals surface area contributed by atoms with Crippen molar-refractivity contribution in [2.75, 3.05) is 0 Å². The highest BCUT2D eigenvalue weighted by Gasteiger charge is 2.31. The molecule has 0 amide bonds. The second-order valence-corrected chi connectivity index (χ2v) is 5.11. The van der Waals surface area contributed by atoms with Crippen LogP contribution in [-0.2, 0) is 17.5 Å². The predicted octanol–water partition coefficient (Wildman–Crippen LogP) is 2.93. The molecule has 0 fully saturated rings. The molecular formula is C15H15F3N4O2. The number of benzene rings is 1. The van der Waals surface area contributed by atoms with E-state index in [0.717, 1.165) is 16.9 Å². The van der Waals surface area contributed by atoms with Crippen LogP contribution in [0.2, 0.25) is 0 Å². The third-order valence-corrected chi connectivity index (χ3v) is 3.32. The van der Waals surface area contributed by atoms with Crippen molar-refractivity contribution in [1.82, 2.24) is 20.2 Å². The van der Waals surface area contributed by atoms with E-state index in [9.17, 15) is 18.0 Å². The molecule has 128 valence electrons. The van der Waals surface area contributed by atoms with Gasteiger partial charge in [0.05, 0.1) is 12.1 Å². The number of rotatable bonds is 5. The highest BCUT2D eigenvalue weighted by atomic mass is 19.4. The predicted molar refractivity (Wildman–Crippen MR) is 79.0 cm³/mol. The quantitative estimate of drug-likeness (QED) is 0.847. The number of nitrogens with zero attached hydrogens (tertiary/aromatic N) is 4. The van der Waals surface area contributed by atoms with Gasteiger partial charge in [-0.3, -0.25) is 0 Å². The first-order valence-electron chi connectivity index (χ1n) is 7.09. The van der Waals surface area contributed by atoms with Crippen molar-refractivity contribution < 1.29 is 23.1 Å². The van der Waals surface area contributed by atoms with E-state index >= 15 is 0 Å². The van der Waals surface area contributed by atoms with E-state index in [1.54, 1.807) is 13.8 Å². The lowest BCUT2D eigenvalue weighted by Crippen LogP contribution is -2.10. The minimum atomic E-state index is -4.50. The second kappa shape index (κ2) is 6.81. The Labute approximate surface area is 135 Å². The van der Waals surface area contributed by atoms with Crippen molar-refractivity contribution >= 4 is 12.0 Å². The zero-order chi connectivity index (χ0) is 17.9. The molecule has 2 aromatic rings. The second-order valence-electron chi connectivity index (χ2n) is 5.11. The van der Waals surface area contributed by atoms with Gasteiger partial charge in [-0.2, -0.15) is 18.0 Å². The minimum absolute atomic E-state index is 0.0484. The number of hydrogen-bond acceptors (Lipinski definition) is 4. The van der Waals surface area contributed by atoms with Crippen LogP contribution < -0.4 is 0 Å². The third-order valence-electron chi connectivity index (χ3n) is 3.32. The normalized spacial score (nSPS) is 12.5. The molecule has 0 aliphatic heterocycles. The highest BCUT2D eigenvalue weighted by molar-refractivity contribution is 5.92. The van der Waals surface area contributed by atoms with E-state index in [1.165, 1.54) is 12.1 Å². The lowest BCUT2D eigenvalue weighted by atomic mass is 10.0. The van der Waals surface area contributed by atoms with Crippen LogP contribution >= 0.6 is 0 Å². The van der Waals surface area contributed by atoms with Gasteiger partial charge in [0, 0.05) is 5.57 Å². The molecule has 0 unspecified atom stereocenters. The summed E-state index contributed by atoms with van der Waals surface area (Å²) in [6, 6.07) is 3.14. The molecule has 0 atom stereocenters. The molecule has 24 heavy (non-hydrogen) atoms. The molecule has 6 nitrogen and oxygen atoms in total. The Bertz CT molecular complexity index is 781. The van der Waals surface area contributed by atoms with E-state index in [1.807, 2.05) is 0 Å². The molecule has 0 radical (unpaired) electrons. The first-order valence-corrected chi connectivity index (χ1v) is 7.09. The fourth-order valence-electron chi connectivity index (χ4n) is 2.11. The number of carbonyl (C=O) groups is 1. The first-order chi connectivity index (χ1) is 11.2. The molecular weight excluding hydrogens is 325 g/mol. The van der Waals surface area contributed by atoms with Crippen LogP contribution in [-0.4, -0.2) is 31.3 Å². The van der Waals surface area contributed by atoms with Gasteiger partial charge in [0.25, 0.3) is 0 Å². The maximum atomic E-state index is 12.9. The van der Waals surface area contributed by atoms with Crippen molar-refractivity contribution in [3.8, 4) is 0 Å². The van der Waals surface area contributed by atoms with Crippen LogP contribution in [0.1, 0.15) is 35.9 Å². The van der Waals surface area contributed by atoms with Crippen molar-refractivity contribution in [2.45, 2.75) is 33.0 Å². The van der Waals surface area contributed by atoms with Gasteiger partial charge >= 0.3 is 12.1 Å². The molecule has 0 aliphatic rings. The number of carboxylic acid groups (broad SMARTS) is 1. The van der Waals surface area contributed by atoms with Crippen LogP contribution in [0.4, 0.5) is 13.2 Å². The average Bonchev–Trinajstić information content (AvgIpc) is 2.89. The highest BCUT2D eigenvalue weighted by Crippen LogP contribution is 2.31. The van der Waals surface area contributed by atoms with Crippen molar-refractivity contribution in [3.63, 3.8) is 0 Å². The minimum Gasteiger partial charge on any atom is -0.478 e. The van der Waals surface area contributed by atoms with Crippen LogP contribution in [0.15, 0.2) is 23.8 Å². The van der Waals surface area contributed by atoms with Gasteiger partial charge in [0.15, 0.2) is 5.82 Å². The summed E-state index contributed by atoms with van der Waals surface area (Å²) in [4.78, 5) is 12.3. The van der Waals surface area contributed by atoms with Crippen molar-refractivity contribution in [2.24, 2.45) is 0 Å². The Morgan fingerprint density at radius 1 is 1.38 bits per heavy atom. The van der Waals surface area contributed by atoms with Gasteiger partial charge in [-0.25, -0.2) is 4.79 Å². The molecule has 0 bridgehead atoms. The van der Waals surface area contributed by atoms with Gasteiger partial charge in [-0.1, -0.05) is 13.0 Å². The average molecular weight is 340 g/mol. The number of halogens is 3. The maximum Gasteiger partial charge on any atom is 0.416 e. The summed E-state index contributed by atoms with van der Waals surface area (Å²) in [6.07, 6.45) is -2.89. The molecule has 0 aliphatic carbocycles. The summed E-state index contributed by atoms with van der Waals surface area (Å²) < 4.78 is 38.8. The van der Waals surface area contributed by atoms with Crippen LogP contribution in [0.25, 0.3) is 6.08 Å². The van der Waals surface area contributed by atoms with Gasteiger partial charge in [0.1, 0.15) is 0 Å². The van der Waals surface area contributed by atoms with Gasteiger partial charge < -0.3 is 5.11 Å². The van der Waals surface area contributed by atoms with E-state index in [2.05, 4.69) is 15.4 Å². The van der Waals surface area contributed by atoms with Crippen LogP contribution in [0.3, 0.4) is 0 Å². The SMILES string of the molecule is CCC(=Cc1ccc(C(F)(F)F)cc1Cn1nnc(C)n1)C(=O)O. The lowest BCUT2D eigenvalue weighted by Gasteiger charge is -2.12. The standard InChI is InChI=1S/C15H15F3N4O2/c1-3-10(14(23)24)6-11-4-5-13(15(16,17)18)7-12(11)8-22-20-9(2)19-21-22/h4-7H,3,8H2,1-2H3,(H,23,24). The molecule has 0 saturated carbocycles. The summed E-state index contributed by atoms with van der Waals surface area (Å²) in [5, 5.41) is 20.5. The summed E-state index contributed by atoms with van der Waals surface area (Å²) in [5.41, 5.74) is -0.0924. The smallest absolute Gasteiger partial charge is 0.416 e. The molecule has 9 heteroatoms. The number of aryl methyl sites for hydroxylation is 1. The summed E-state index contributed by atoms with van der Waals surface area (Å²) in [6.45, 7) is 3.22. The fourth-order valence-corrected chi connectivity index (χ4v) is 2.11. The van der Waals surface area contributed by atoms with Crippen molar-refractivity contribution in [3.05, 3.63) is 46.3 Å². The monoisotopic (exact) mass is 340 g/mol. The molecule has 1 aromatic carbocycles. The molecule has 1 aromatic heterocycles. The molecule has 0 saturated heterocycles. The van der Waals surface area contributed by atoms with Crippen LogP contribution in [0, 0.1) is 6.92 Å². The topological polar surface area (TPSA) is 80.9 Å². The Kier molecular flexibility index (Phi) is 5.01. The Balaban J connectivity index is 2.51. The summed E-state index contributed by atoms with van der Waals surface area (Å²) >= 11 is 0. The zero-order valence-corrected chi connectivity index (χ0v) is 13.0. The van der Waals surface area contributed by atoms with Crippen molar-refractivity contribution in [1.29, 1.82) is 0 Å². The van der Waals surface area contributed by atoms with Gasteiger partial charge in [-0.15, -0.1) is 10.2 Å². The largest absolute Gasteiger partial charge is 0.478 e. The number of aromatic nitrogens is 4. The van der Waals surface area contributed by atoms with E-state index in [-0.39, 0.29) is 24.1 Å². The first kappa shape index (κ1) is 17.6. The number of hydrogen-bond donors (Lipinski definition) is 1. The summed E-state index contributed by atoms with van der Waals surface area (Å²) in [7, 11) is 0. The lowest BCUT2D eigenvalue weighted by molar-refractivity contribution is -0.137. The molecule has 0 spiro atoms. The molecule has 1 N–H and O–H groups in total. The molecule has 2 rings (SSSR count). The van der Waals surface area contributed by atoms with E-state index < -0.39 is 17.7 Å². The number of aliphatic carboxylic acids is 1. The Hall–Kier alpha value is -2.71. The number of alkyl halides is 3. The van der Waals surface area contributed by atoms with E-state index in [4.69, 9.17) is 5.11 Å². The number of tetrazole rings is 1. The van der Waals surface area contributed by atoms with Gasteiger partial charge in [-0.05, 0) is 47.9 Å². The van der Waals surface area contributed by atoms with Gasteiger partial charge in [0.2, 0.25) is 0 Å². The summed E-state index contributed by atoms with van der Waals surface area (Å²) in [5.74, 6) is -0.725. The molecule has 1 heterocycles. The maximum absolute atomic E-state index is 12.9. The third kappa shape index (κ3) is 4.18. The Morgan fingerprint density at radius 3 is 2.58 bits per heavy atom.